The second-order valence-electron chi connectivity index (χ2n) is 8.13. The molecule has 0 atom stereocenters. The average molecular weight is 503 g/mol. The number of anilines is 2. The fraction of sp³-hybridized carbons (Fsp3) is 0.0769. The van der Waals surface area contributed by atoms with Crippen molar-refractivity contribution < 1.29 is 13.7 Å². The number of urea groups is 1. The van der Waals surface area contributed by atoms with Crippen LogP contribution in [0.4, 0.5) is 20.6 Å². The van der Waals surface area contributed by atoms with Crippen LogP contribution in [-0.2, 0) is 6.54 Å². The number of halogens is 2. The molecule has 36 heavy (non-hydrogen) atoms. The number of imidazole rings is 1. The SMILES string of the molecule is Cc1ccc(-c2noc(-c3cn(Cc4ccc(NC(=O)Nc5ccc(F)c(Cl)c5)cc4)cn3)n2)cc1. The van der Waals surface area contributed by atoms with Gasteiger partial charge in [0.1, 0.15) is 11.5 Å². The molecule has 2 amide bonds. The maximum atomic E-state index is 13.3. The van der Waals surface area contributed by atoms with Crippen molar-refractivity contribution in [2.75, 3.05) is 10.6 Å². The Morgan fingerprint density at radius 1 is 1.03 bits per heavy atom. The lowest BCUT2D eigenvalue weighted by molar-refractivity contribution is 0.262. The summed E-state index contributed by atoms with van der Waals surface area (Å²) in [6.07, 6.45) is 3.53. The summed E-state index contributed by atoms with van der Waals surface area (Å²) in [6.45, 7) is 2.58. The molecular weight excluding hydrogens is 483 g/mol. The van der Waals surface area contributed by atoms with Gasteiger partial charge in [-0.15, -0.1) is 0 Å². The third kappa shape index (κ3) is 5.42. The number of nitrogens with zero attached hydrogens (tertiary/aromatic N) is 4. The maximum absolute atomic E-state index is 13.3. The third-order valence-corrected chi connectivity index (χ3v) is 5.63. The van der Waals surface area contributed by atoms with E-state index in [0.717, 1.165) is 16.7 Å². The zero-order valence-corrected chi connectivity index (χ0v) is 19.8. The van der Waals surface area contributed by atoms with Crippen molar-refractivity contribution in [2.45, 2.75) is 13.5 Å². The fourth-order valence-electron chi connectivity index (χ4n) is 3.48. The van der Waals surface area contributed by atoms with Gasteiger partial charge in [0.15, 0.2) is 0 Å². The predicted octanol–water partition coefficient (Wildman–Crippen LogP) is 6.39. The molecule has 0 unspecified atom stereocenters. The number of carbonyl (C=O) groups excluding carboxylic acids is 1. The van der Waals surface area contributed by atoms with E-state index in [2.05, 4.69) is 25.8 Å². The Hall–Kier alpha value is -4.50. The van der Waals surface area contributed by atoms with Crippen molar-refractivity contribution in [3.8, 4) is 23.0 Å². The van der Waals surface area contributed by atoms with Crippen LogP contribution in [0.25, 0.3) is 23.0 Å². The Labute approximate surface area is 210 Å². The minimum atomic E-state index is -0.549. The van der Waals surface area contributed by atoms with Crippen molar-refractivity contribution in [3.05, 3.63) is 101 Å². The number of hydrogen-bond acceptors (Lipinski definition) is 5. The zero-order valence-electron chi connectivity index (χ0n) is 19.1. The molecule has 10 heteroatoms. The van der Waals surface area contributed by atoms with Crippen LogP contribution in [0.5, 0.6) is 0 Å². The van der Waals surface area contributed by atoms with Crippen molar-refractivity contribution in [2.24, 2.45) is 0 Å². The number of nitrogens with one attached hydrogen (secondary N) is 2. The van der Waals surface area contributed by atoms with Gasteiger partial charge in [-0.2, -0.15) is 4.98 Å². The van der Waals surface area contributed by atoms with E-state index in [9.17, 15) is 9.18 Å². The number of aryl methyl sites for hydroxylation is 1. The van der Waals surface area contributed by atoms with Gasteiger partial charge in [-0.3, -0.25) is 0 Å². The lowest BCUT2D eigenvalue weighted by Gasteiger charge is -2.09. The predicted molar refractivity (Wildman–Crippen MR) is 135 cm³/mol. The van der Waals surface area contributed by atoms with Crippen LogP contribution in [0, 0.1) is 12.7 Å². The molecule has 2 N–H and O–H groups in total. The van der Waals surface area contributed by atoms with E-state index in [1.807, 2.05) is 54.1 Å². The van der Waals surface area contributed by atoms with Crippen LogP contribution in [0.3, 0.4) is 0 Å². The molecule has 5 rings (SSSR count). The van der Waals surface area contributed by atoms with Crippen LogP contribution >= 0.6 is 11.6 Å². The molecule has 0 radical (unpaired) electrons. The van der Waals surface area contributed by atoms with E-state index in [0.29, 0.717) is 35.3 Å². The molecule has 0 saturated carbocycles. The average Bonchev–Trinajstić information content (AvgIpc) is 3.53. The summed E-state index contributed by atoms with van der Waals surface area (Å²) in [4.78, 5) is 21.0. The Morgan fingerprint density at radius 2 is 1.75 bits per heavy atom. The van der Waals surface area contributed by atoms with Crippen molar-refractivity contribution >= 4 is 29.0 Å². The molecule has 0 saturated heterocycles. The van der Waals surface area contributed by atoms with Crippen LogP contribution in [0.15, 0.2) is 83.8 Å². The second-order valence-corrected chi connectivity index (χ2v) is 8.53. The lowest BCUT2D eigenvalue weighted by Crippen LogP contribution is -2.19. The van der Waals surface area contributed by atoms with Gasteiger partial charge in [0.25, 0.3) is 5.89 Å². The van der Waals surface area contributed by atoms with Gasteiger partial charge in [0, 0.05) is 29.7 Å². The first-order valence-corrected chi connectivity index (χ1v) is 11.4. The number of aromatic nitrogens is 4. The molecule has 0 aliphatic rings. The summed E-state index contributed by atoms with van der Waals surface area (Å²) in [5, 5.41) is 9.33. The topological polar surface area (TPSA) is 97.9 Å². The first-order valence-electron chi connectivity index (χ1n) is 11.0. The van der Waals surface area contributed by atoms with E-state index in [4.69, 9.17) is 16.1 Å². The van der Waals surface area contributed by atoms with Gasteiger partial charge in [0.2, 0.25) is 5.82 Å². The highest BCUT2D eigenvalue weighted by atomic mass is 35.5. The minimum absolute atomic E-state index is 0.0642. The van der Waals surface area contributed by atoms with Crippen molar-refractivity contribution in [1.82, 2.24) is 19.7 Å². The van der Waals surface area contributed by atoms with Gasteiger partial charge in [0.05, 0.1) is 11.3 Å². The quantitative estimate of drug-likeness (QED) is 0.280. The van der Waals surface area contributed by atoms with Gasteiger partial charge >= 0.3 is 6.03 Å². The highest BCUT2D eigenvalue weighted by molar-refractivity contribution is 6.31. The van der Waals surface area contributed by atoms with Crippen molar-refractivity contribution in [1.29, 1.82) is 0 Å². The third-order valence-electron chi connectivity index (χ3n) is 5.34. The molecule has 2 heterocycles. The van der Waals surface area contributed by atoms with Gasteiger partial charge in [-0.05, 0) is 42.8 Å². The Bertz CT molecular complexity index is 1510. The first kappa shape index (κ1) is 23.3. The molecule has 0 aliphatic heterocycles. The Kier molecular flexibility index (Phi) is 6.46. The number of hydrogen-bond donors (Lipinski definition) is 2. The molecule has 180 valence electrons. The van der Waals surface area contributed by atoms with Crippen LogP contribution in [-0.4, -0.2) is 25.7 Å². The molecule has 5 aromatic rings. The van der Waals surface area contributed by atoms with Crippen LogP contribution < -0.4 is 10.6 Å². The van der Waals surface area contributed by atoms with E-state index >= 15 is 0 Å². The highest BCUT2D eigenvalue weighted by Crippen LogP contribution is 2.22. The summed E-state index contributed by atoms with van der Waals surface area (Å²) < 4.78 is 20.6. The largest absolute Gasteiger partial charge is 0.332 e. The molecule has 0 fully saturated rings. The summed E-state index contributed by atoms with van der Waals surface area (Å²) >= 11 is 5.74. The number of carbonyl (C=O) groups is 1. The van der Waals surface area contributed by atoms with Gasteiger partial charge < -0.3 is 19.7 Å². The zero-order chi connectivity index (χ0) is 25.1. The normalized spacial score (nSPS) is 10.9. The van der Waals surface area contributed by atoms with Gasteiger partial charge in [-0.25, -0.2) is 14.2 Å². The summed E-state index contributed by atoms with van der Waals surface area (Å²) in [6, 6.07) is 18.8. The van der Waals surface area contributed by atoms with Crippen LogP contribution in [0.1, 0.15) is 11.1 Å². The molecule has 2 aromatic heterocycles. The summed E-state index contributed by atoms with van der Waals surface area (Å²) in [5.74, 6) is 0.304. The Morgan fingerprint density at radius 3 is 2.50 bits per heavy atom. The molecule has 0 bridgehead atoms. The Balaban J connectivity index is 1.19. The summed E-state index contributed by atoms with van der Waals surface area (Å²) in [7, 11) is 0. The number of amides is 2. The lowest BCUT2D eigenvalue weighted by atomic mass is 10.1. The fourth-order valence-corrected chi connectivity index (χ4v) is 3.66. The number of rotatable bonds is 6. The second kappa shape index (κ2) is 10.0. The molecule has 3 aromatic carbocycles. The van der Waals surface area contributed by atoms with E-state index in [-0.39, 0.29) is 5.02 Å². The smallest absolute Gasteiger partial charge is 0.323 e. The van der Waals surface area contributed by atoms with Gasteiger partial charge in [-0.1, -0.05) is 58.7 Å². The van der Waals surface area contributed by atoms with Crippen LogP contribution in [0.2, 0.25) is 5.02 Å². The van der Waals surface area contributed by atoms with Crippen molar-refractivity contribution in [3.63, 3.8) is 0 Å². The van der Waals surface area contributed by atoms with E-state index in [1.165, 1.54) is 18.2 Å². The summed E-state index contributed by atoms with van der Waals surface area (Å²) in [5.41, 5.74) is 4.60. The highest BCUT2D eigenvalue weighted by Gasteiger charge is 2.13. The molecule has 8 nitrogen and oxygen atoms in total. The standard InChI is InChI=1S/C26H20ClFN6O2/c1-16-2-6-18(7-3-16)24-32-25(36-33-24)23-14-34(15-29-23)13-17-4-8-19(9-5-17)30-26(35)31-20-10-11-22(28)21(27)12-20/h2-12,14-15H,13H2,1H3,(H2,30,31,35). The number of benzene rings is 3. The molecule has 0 spiro atoms. The van der Waals surface area contributed by atoms with E-state index in [1.54, 1.807) is 18.5 Å². The first-order chi connectivity index (χ1) is 17.4. The van der Waals surface area contributed by atoms with E-state index < -0.39 is 11.8 Å². The maximum Gasteiger partial charge on any atom is 0.323 e. The minimum Gasteiger partial charge on any atom is -0.332 e. The monoisotopic (exact) mass is 502 g/mol. The molecular formula is C26H20ClFN6O2. The molecule has 0 aliphatic carbocycles.